The molecule has 0 bridgehead atoms. The number of amidine groups is 2. The van der Waals surface area contributed by atoms with Crippen molar-refractivity contribution in [1.29, 1.82) is 0 Å². The number of aliphatic imine (C=N–C) groups is 3. The summed E-state index contributed by atoms with van der Waals surface area (Å²) < 4.78 is 0. The Morgan fingerprint density at radius 3 is 2.22 bits per heavy atom. The molecule has 1 N–H and O–H groups in total. The van der Waals surface area contributed by atoms with Gasteiger partial charge in [0.1, 0.15) is 15.7 Å². The van der Waals surface area contributed by atoms with E-state index in [9.17, 15) is 0 Å². The number of nitrogens with one attached hydrogen (secondary N) is 1. The Labute approximate surface area is 221 Å². The third-order valence-electron chi connectivity index (χ3n) is 6.36. The lowest BCUT2D eigenvalue weighted by Crippen LogP contribution is -2.15. The normalized spacial score (nSPS) is 13.5. The van der Waals surface area contributed by atoms with Crippen molar-refractivity contribution in [2.24, 2.45) is 15.0 Å². The highest BCUT2D eigenvalue weighted by atomic mass is 15.0. The molecule has 5 rings (SSSR count). The van der Waals surface area contributed by atoms with Gasteiger partial charge in [0, 0.05) is 23.4 Å². The zero-order valence-corrected chi connectivity index (χ0v) is 20.7. The summed E-state index contributed by atoms with van der Waals surface area (Å²) in [6.45, 7) is 5.19. The van der Waals surface area contributed by atoms with Crippen LogP contribution in [0.25, 0.3) is 11.1 Å². The van der Waals surface area contributed by atoms with E-state index < -0.39 is 0 Å². The number of rotatable bonds is 5. The summed E-state index contributed by atoms with van der Waals surface area (Å²) in [5, 5.41) is 3.45. The number of nitrogens with zero attached hydrogens (tertiary/aromatic N) is 3. The van der Waals surface area contributed by atoms with Gasteiger partial charge in [-0.25, -0.2) is 9.98 Å². The first-order valence-corrected chi connectivity index (χ1v) is 12.4. The quantitative estimate of drug-likeness (QED) is 0.259. The van der Waals surface area contributed by atoms with Crippen molar-refractivity contribution < 1.29 is 0 Å². The summed E-state index contributed by atoms with van der Waals surface area (Å²) in [5.41, 5.74) is 8.65. The van der Waals surface area contributed by atoms with Gasteiger partial charge in [0.05, 0.1) is 6.54 Å². The molecule has 0 saturated heterocycles. The standard InChI is InChI=1S/C31H26B2N4/c1-34-30(26-13-14-29-25(18-26)8-5-15-35-29)37-31(36-20-21-16-27(32)19-28(33)17-21)24-11-9-23(10-12-24)22-6-3-2-4-7-22/h2-4,6-7,9-14,16-19,35H,1,5,8,15,20H2. The molecule has 176 valence electrons. The molecule has 0 unspecified atom stereocenters. The Morgan fingerprint density at radius 2 is 1.49 bits per heavy atom. The van der Waals surface area contributed by atoms with Crippen LogP contribution in [0.2, 0.25) is 0 Å². The van der Waals surface area contributed by atoms with Gasteiger partial charge >= 0.3 is 0 Å². The molecule has 4 aromatic rings. The molecule has 0 spiro atoms. The first-order valence-electron chi connectivity index (χ1n) is 12.4. The van der Waals surface area contributed by atoms with Gasteiger partial charge in [0.2, 0.25) is 0 Å². The summed E-state index contributed by atoms with van der Waals surface area (Å²) in [6.07, 6.45) is 2.13. The summed E-state index contributed by atoms with van der Waals surface area (Å²) in [7, 11) is 12.0. The largest absolute Gasteiger partial charge is 0.385 e. The number of hydrogen-bond donors (Lipinski definition) is 1. The van der Waals surface area contributed by atoms with E-state index in [-0.39, 0.29) is 0 Å². The van der Waals surface area contributed by atoms with Gasteiger partial charge in [-0.2, -0.15) is 0 Å². The average Bonchev–Trinajstić information content (AvgIpc) is 2.93. The third kappa shape index (κ3) is 5.97. The molecular formula is C31H26B2N4. The fourth-order valence-corrected chi connectivity index (χ4v) is 4.54. The molecule has 6 heteroatoms. The number of fused-ring (bicyclic) bond motifs is 1. The maximum absolute atomic E-state index is 6.00. The molecular weight excluding hydrogens is 450 g/mol. The second-order valence-electron chi connectivity index (χ2n) is 9.09. The molecule has 4 nitrogen and oxygen atoms in total. The van der Waals surface area contributed by atoms with E-state index in [1.165, 1.54) is 11.3 Å². The zero-order chi connectivity index (χ0) is 25.6. The van der Waals surface area contributed by atoms with E-state index in [0.717, 1.165) is 47.2 Å². The fraction of sp³-hybridized carbons (Fsp3) is 0.129. The Hall–Kier alpha value is -4.18. The van der Waals surface area contributed by atoms with Crippen molar-refractivity contribution >= 4 is 50.7 Å². The van der Waals surface area contributed by atoms with Crippen molar-refractivity contribution in [3.63, 3.8) is 0 Å². The van der Waals surface area contributed by atoms with Crippen molar-refractivity contribution in [2.45, 2.75) is 19.4 Å². The highest BCUT2D eigenvalue weighted by Gasteiger charge is 2.13. The van der Waals surface area contributed by atoms with Crippen molar-refractivity contribution in [3.8, 4) is 11.1 Å². The second-order valence-corrected chi connectivity index (χ2v) is 9.09. The third-order valence-corrected chi connectivity index (χ3v) is 6.36. The van der Waals surface area contributed by atoms with Crippen molar-refractivity contribution in [1.82, 2.24) is 0 Å². The van der Waals surface area contributed by atoms with Crippen LogP contribution in [0.5, 0.6) is 0 Å². The summed E-state index contributed by atoms with van der Waals surface area (Å²) in [5.74, 6) is 1.10. The molecule has 4 aromatic carbocycles. The Kier molecular flexibility index (Phi) is 7.46. The number of anilines is 1. The lowest BCUT2D eigenvalue weighted by Gasteiger charge is -2.18. The van der Waals surface area contributed by atoms with Crippen LogP contribution in [0, 0.1) is 0 Å². The SMILES string of the molecule is [B]c1cc([B])cc(CN=C(N=C(N=C)c2ccc3c(c2)CCCN3)c2ccc(-c3ccccc3)cc2)c1. The van der Waals surface area contributed by atoms with E-state index >= 15 is 0 Å². The van der Waals surface area contributed by atoms with Gasteiger partial charge in [-0.3, -0.25) is 4.99 Å². The smallest absolute Gasteiger partial charge is 0.161 e. The fourth-order valence-electron chi connectivity index (χ4n) is 4.54. The molecule has 1 aliphatic heterocycles. The Morgan fingerprint density at radius 1 is 0.784 bits per heavy atom. The molecule has 0 fully saturated rings. The molecule has 0 atom stereocenters. The minimum absolute atomic E-state index is 0.382. The maximum Gasteiger partial charge on any atom is 0.161 e. The second kappa shape index (κ2) is 11.3. The Balaban J connectivity index is 1.53. The molecule has 4 radical (unpaired) electrons. The number of benzene rings is 4. The molecule has 37 heavy (non-hydrogen) atoms. The van der Waals surface area contributed by atoms with Crippen LogP contribution in [0.1, 0.15) is 28.7 Å². The van der Waals surface area contributed by atoms with E-state index in [1.54, 1.807) is 6.07 Å². The zero-order valence-electron chi connectivity index (χ0n) is 20.7. The van der Waals surface area contributed by atoms with Crippen molar-refractivity contribution in [2.75, 3.05) is 11.9 Å². The first-order chi connectivity index (χ1) is 18.1. The number of aryl methyl sites for hydroxylation is 1. The number of hydrogen-bond acceptors (Lipinski definition) is 2. The molecule has 0 aromatic heterocycles. The van der Waals surface area contributed by atoms with Gasteiger partial charge in [-0.15, -0.1) is 0 Å². The van der Waals surface area contributed by atoms with Gasteiger partial charge in [0.25, 0.3) is 0 Å². The molecule has 1 aliphatic rings. The Bertz CT molecular complexity index is 1460. The summed E-state index contributed by atoms with van der Waals surface area (Å²) in [4.78, 5) is 14.0. The first kappa shape index (κ1) is 24.5. The summed E-state index contributed by atoms with van der Waals surface area (Å²) >= 11 is 0. The highest BCUT2D eigenvalue weighted by Crippen LogP contribution is 2.24. The maximum atomic E-state index is 6.00. The predicted octanol–water partition coefficient (Wildman–Crippen LogP) is 4.39. The molecule has 1 heterocycles. The van der Waals surface area contributed by atoms with Gasteiger partial charge in [-0.05, 0) is 60.0 Å². The monoisotopic (exact) mass is 476 g/mol. The highest BCUT2D eigenvalue weighted by molar-refractivity contribution is 6.37. The van der Waals surface area contributed by atoms with E-state index in [2.05, 4.69) is 53.4 Å². The van der Waals surface area contributed by atoms with Crippen LogP contribution in [0.3, 0.4) is 0 Å². The lowest BCUT2D eigenvalue weighted by molar-refractivity contribution is 0.830. The predicted molar refractivity (Wildman–Crippen MR) is 159 cm³/mol. The minimum atomic E-state index is 0.382. The minimum Gasteiger partial charge on any atom is -0.385 e. The molecule has 0 saturated carbocycles. The average molecular weight is 476 g/mol. The van der Waals surface area contributed by atoms with Crippen LogP contribution in [-0.4, -0.2) is 40.6 Å². The van der Waals surface area contributed by atoms with E-state index in [0.29, 0.717) is 29.1 Å². The summed E-state index contributed by atoms with van der Waals surface area (Å²) in [6, 6.07) is 30.3. The topological polar surface area (TPSA) is 49.1 Å². The van der Waals surface area contributed by atoms with E-state index in [4.69, 9.17) is 25.7 Å². The van der Waals surface area contributed by atoms with Gasteiger partial charge in [0.15, 0.2) is 11.7 Å². The molecule has 0 amide bonds. The van der Waals surface area contributed by atoms with Crippen LogP contribution in [0.4, 0.5) is 5.69 Å². The molecule has 0 aliphatic carbocycles. The lowest BCUT2D eigenvalue weighted by atomic mass is 9.85. The van der Waals surface area contributed by atoms with Crippen LogP contribution >= 0.6 is 0 Å². The van der Waals surface area contributed by atoms with Gasteiger partial charge in [-0.1, -0.05) is 83.7 Å². The van der Waals surface area contributed by atoms with Crippen LogP contribution in [0.15, 0.2) is 106 Å². The van der Waals surface area contributed by atoms with Crippen LogP contribution < -0.4 is 16.2 Å². The van der Waals surface area contributed by atoms with Crippen molar-refractivity contribution in [3.05, 3.63) is 113 Å². The van der Waals surface area contributed by atoms with Crippen LogP contribution in [-0.2, 0) is 13.0 Å². The van der Waals surface area contributed by atoms with Gasteiger partial charge < -0.3 is 5.32 Å². The van der Waals surface area contributed by atoms with E-state index in [1.807, 2.05) is 48.5 Å².